The van der Waals surface area contributed by atoms with Crippen LogP contribution in [-0.4, -0.2) is 50.5 Å². The number of nitrogens with one attached hydrogen (secondary N) is 1. The van der Waals surface area contributed by atoms with E-state index in [4.69, 9.17) is 4.74 Å². The average molecular weight is 377 g/mol. The Morgan fingerprint density at radius 3 is 2.58 bits per heavy atom. The van der Waals surface area contributed by atoms with E-state index in [2.05, 4.69) is 20.5 Å². The van der Waals surface area contributed by atoms with Gasteiger partial charge in [-0.1, -0.05) is 25.6 Å². The van der Waals surface area contributed by atoms with Gasteiger partial charge in [-0.3, -0.25) is 9.78 Å². The maximum Gasteiger partial charge on any atom is 0.328 e. The van der Waals surface area contributed by atoms with Crippen molar-refractivity contribution in [1.82, 2.24) is 25.1 Å². The molecule has 1 N–H and O–H groups in total. The maximum absolute atomic E-state index is 12.2. The summed E-state index contributed by atoms with van der Waals surface area (Å²) in [5.41, 5.74) is 0.897. The Balaban J connectivity index is 1.97. The highest BCUT2D eigenvalue weighted by Gasteiger charge is 2.23. The van der Waals surface area contributed by atoms with Crippen LogP contribution in [0.1, 0.15) is 20.3 Å². The number of carbonyl (C=O) groups excluding carboxylic acids is 2. The molecule has 0 saturated heterocycles. The van der Waals surface area contributed by atoms with Gasteiger partial charge in [0.2, 0.25) is 5.91 Å². The molecule has 0 fully saturated rings. The van der Waals surface area contributed by atoms with Crippen LogP contribution in [0, 0.1) is 5.92 Å². The van der Waals surface area contributed by atoms with Gasteiger partial charge >= 0.3 is 5.97 Å². The zero-order valence-electron chi connectivity index (χ0n) is 15.3. The first kappa shape index (κ1) is 19.9. The van der Waals surface area contributed by atoms with Gasteiger partial charge in [0, 0.05) is 25.0 Å². The van der Waals surface area contributed by atoms with Crippen LogP contribution >= 0.6 is 11.8 Å². The molecule has 9 heteroatoms. The van der Waals surface area contributed by atoms with E-state index < -0.39 is 12.0 Å². The van der Waals surface area contributed by atoms with Gasteiger partial charge in [-0.25, -0.2) is 4.79 Å². The second-order valence-electron chi connectivity index (χ2n) is 6.16. The van der Waals surface area contributed by atoms with Gasteiger partial charge in [0.15, 0.2) is 11.0 Å². The second-order valence-corrected chi connectivity index (χ2v) is 7.11. The number of hydrogen-bond donors (Lipinski definition) is 1. The first-order valence-corrected chi connectivity index (χ1v) is 9.20. The second kappa shape index (κ2) is 9.33. The number of methoxy groups -OCH3 is 1. The molecular formula is C17H23N5O3S. The van der Waals surface area contributed by atoms with E-state index in [9.17, 15) is 9.59 Å². The van der Waals surface area contributed by atoms with Gasteiger partial charge in [0.1, 0.15) is 6.04 Å². The molecule has 1 amide bonds. The zero-order chi connectivity index (χ0) is 19.1. The number of hydrogen-bond acceptors (Lipinski definition) is 7. The van der Waals surface area contributed by atoms with Gasteiger partial charge in [-0.15, -0.1) is 10.2 Å². The summed E-state index contributed by atoms with van der Waals surface area (Å²) in [5, 5.41) is 11.6. The van der Waals surface area contributed by atoms with Crippen molar-refractivity contribution in [1.29, 1.82) is 0 Å². The lowest BCUT2D eigenvalue weighted by Gasteiger charge is -2.18. The third-order valence-electron chi connectivity index (χ3n) is 3.63. The van der Waals surface area contributed by atoms with Crippen molar-refractivity contribution in [2.45, 2.75) is 31.5 Å². The Bertz CT molecular complexity index is 748. The van der Waals surface area contributed by atoms with Crippen LogP contribution < -0.4 is 5.32 Å². The lowest BCUT2D eigenvalue weighted by molar-refractivity contribution is -0.145. The van der Waals surface area contributed by atoms with Crippen LogP contribution in [0.2, 0.25) is 0 Å². The van der Waals surface area contributed by atoms with Crippen LogP contribution in [0.5, 0.6) is 0 Å². The average Bonchev–Trinajstić information content (AvgIpc) is 2.99. The van der Waals surface area contributed by atoms with Crippen molar-refractivity contribution in [3.8, 4) is 11.4 Å². The fraction of sp³-hybridized carbons (Fsp3) is 0.471. The standard InChI is InChI=1S/C17H23N5O3S/c1-11(2)9-13(16(24)25-4)19-14(23)10-26-17-21-20-15(22(17)3)12-5-7-18-8-6-12/h5-8,11,13H,9-10H2,1-4H3,(H,19,23)/t13-/m0/s1. The smallest absolute Gasteiger partial charge is 0.328 e. The number of rotatable bonds is 8. The van der Waals surface area contributed by atoms with Gasteiger partial charge in [0.25, 0.3) is 0 Å². The predicted octanol–water partition coefficient (Wildman–Crippen LogP) is 1.67. The Hall–Kier alpha value is -2.42. The van der Waals surface area contributed by atoms with Crippen molar-refractivity contribution in [2.24, 2.45) is 13.0 Å². The Morgan fingerprint density at radius 1 is 1.27 bits per heavy atom. The predicted molar refractivity (Wildman–Crippen MR) is 98.4 cm³/mol. The van der Waals surface area contributed by atoms with Crippen molar-refractivity contribution < 1.29 is 14.3 Å². The third kappa shape index (κ3) is 5.29. The monoisotopic (exact) mass is 377 g/mol. The molecule has 0 saturated carbocycles. The number of esters is 1. The Morgan fingerprint density at radius 2 is 1.96 bits per heavy atom. The molecule has 0 bridgehead atoms. The van der Waals surface area contributed by atoms with Crippen molar-refractivity contribution in [3.05, 3.63) is 24.5 Å². The molecule has 0 aliphatic rings. The molecule has 0 unspecified atom stereocenters. The summed E-state index contributed by atoms with van der Waals surface area (Å²) in [6.07, 6.45) is 3.90. The topological polar surface area (TPSA) is 99.0 Å². The van der Waals surface area contributed by atoms with E-state index in [1.165, 1.54) is 18.9 Å². The summed E-state index contributed by atoms with van der Waals surface area (Å²) in [5.74, 6) is 0.403. The number of nitrogens with zero attached hydrogens (tertiary/aromatic N) is 4. The molecule has 2 aromatic heterocycles. The summed E-state index contributed by atoms with van der Waals surface area (Å²) in [6.45, 7) is 3.97. The van der Waals surface area contributed by atoms with Crippen molar-refractivity contribution >= 4 is 23.6 Å². The highest BCUT2D eigenvalue weighted by atomic mass is 32.2. The SMILES string of the molecule is COC(=O)[C@H](CC(C)C)NC(=O)CSc1nnc(-c2ccncc2)n1C. The summed E-state index contributed by atoms with van der Waals surface area (Å²) >= 11 is 1.26. The number of thioether (sulfide) groups is 1. The van der Waals surface area contributed by atoms with Crippen LogP contribution in [0.4, 0.5) is 0 Å². The fourth-order valence-corrected chi connectivity index (χ4v) is 3.11. The highest BCUT2D eigenvalue weighted by molar-refractivity contribution is 7.99. The third-order valence-corrected chi connectivity index (χ3v) is 4.65. The highest BCUT2D eigenvalue weighted by Crippen LogP contribution is 2.21. The van der Waals surface area contributed by atoms with E-state index in [-0.39, 0.29) is 17.6 Å². The van der Waals surface area contributed by atoms with E-state index in [0.29, 0.717) is 17.4 Å². The molecule has 8 nitrogen and oxygen atoms in total. The quantitative estimate of drug-likeness (QED) is 0.552. The Labute approximate surface area is 156 Å². The van der Waals surface area contributed by atoms with Crippen LogP contribution in [0.15, 0.2) is 29.7 Å². The lowest BCUT2D eigenvalue weighted by atomic mass is 10.0. The van der Waals surface area contributed by atoms with E-state index in [1.807, 2.05) is 37.6 Å². The number of carbonyl (C=O) groups is 2. The van der Waals surface area contributed by atoms with Gasteiger partial charge < -0.3 is 14.6 Å². The number of ether oxygens (including phenoxy) is 1. The minimum absolute atomic E-state index is 0.133. The van der Waals surface area contributed by atoms with E-state index in [0.717, 1.165) is 5.56 Å². The largest absolute Gasteiger partial charge is 0.467 e. The number of amides is 1. The lowest BCUT2D eigenvalue weighted by Crippen LogP contribution is -2.43. The molecule has 0 aromatic carbocycles. The molecule has 0 spiro atoms. The summed E-state index contributed by atoms with van der Waals surface area (Å²) in [6, 6.07) is 3.05. The number of aromatic nitrogens is 4. The van der Waals surface area contributed by atoms with E-state index >= 15 is 0 Å². The van der Waals surface area contributed by atoms with E-state index in [1.54, 1.807) is 12.4 Å². The maximum atomic E-state index is 12.2. The molecular weight excluding hydrogens is 354 g/mol. The van der Waals surface area contributed by atoms with Crippen LogP contribution in [-0.2, 0) is 21.4 Å². The molecule has 26 heavy (non-hydrogen) atoms. The first-order chi connectivity index (χ1) is 12.4. The normalized spacial score (nSPS) is 12.0. The van der Waals surface area contributed by atoms with Crippen LogP contribution in [0.3, 0.4) is 0 Å². The molecule has 2 heterocycles. The fourth-order valence-electron chi connectivity index (χ4n) is 2.39. The Kier molecular flexibility index (Phi) is 7.14. The molecule has 0 aliphatic heterocycles. The summed E-state index contributed by atoms with van der Waals surface area (Å²) in [7, 11) is 3.16. The molecule has 2 aromatic rings. The minimum atomic E-state index is -0.639. The molecule has 2 rings (SSSR count). The first-order valence-electron chi connectivity index (χ1n) is 8.22. The van der Waals surface area contributed by atoms with Crippen molar-refractivity contribution in [2.75, 3.05) is 12.9 Å². The minimum Gasteiger partial charge on any atom is -0.467 e. The summed E-state index contributed by atoms with van der Waals surface area (Å²) < 4.78 is 6.57. The number of pyridine rings is 1. The zero-order valence-corrected chi connectivity index (χ0v) is 16.1. The molecule has 0 radical (unpaired) electrons. The van der Waals surface area contributed by atoms with Crippen molar-refractivity contribution in [3.63, 3.8) is 0 Å². The molecule has 1 atom stereocenters. The molecule has 140 valence electrons. The molecule has 0 aliphatic carbocycles. The van der Waals surface area contributed by atoms with Gasteiger partial charge in [0.05, 0.1) is 12.9 Å². The van der Waals surface area contributed by atoms with Gasteiger partial charge in [-0.2, -0.15) is 0 Å². The summed E-state index contributed by atoms with van der Waals surface area (Å²) in [4.78, 5) is 28.0. The van der Waals surface area contributed by atoms with Crippen LogP contribution in [0.25, 0.3) is 11.4 Å². The van der Waals surface area contributed by atoms with Gasteiger partial charge in [-0.05, 0) is 24.5 Å².